The number of carbonyl (C=O) groups excluding carboxylic acids is 3. The van der Waals surface area contributed by atoms with E-state index in [0.717, 1.165) is 5.57 Å². The summed E-state index contributed by atoms with van der Waals surface area (Å²) in [5, 5.41) is 0. The minimum absolute atomic E-state index is 0.127. The van der Waals surface area contributed by atoms with Crippen molar-refractivity contribution in [3.8, 4) is 0 Å². The molecule has 0 spiro atoms. The largest absolute Gasteiger partial charge is 0.458 e. The number of ketones is 1. The van der Waals surface area contributed by atoms with Crippen LogP contribution in [0.3, 0.4) is 0 Å². The number of allylic oxidation sites excluding steroid dienone is 1. The number of hydrogen-bond donors (Lipinski definition) is 0. The predicted octanol–water partition coefficient (Wildman–Crippen LogP) is 3.38. The summed E-state index contributed by atoms with van der Waals surface area (Å²) in [6.07, 6.45) is 3.08. The van der Waals surface area contributed by atoms with E-state index in [1.807, 2.05) is 19.9 Å². The lowest BCUT2D eigenvalue weighted by atomic mass is 9.89. The number of esters is 2. The fourth-order valence-electron chi connectivity index (χ4n) is 3.52. The number of ether oxygens (including phenoxy) is 2. The highest BCUT2D eigenvalue weighted by molar-refractivity contribution is 5.91. The van der Waals surface area contributed by atoms with Crippen LogP contribution in [0.1, 0.15) is 53.4 Å². The maximum atomic E-state index is 12.2. The molecule has 1 aliphatic carbocycles. The van der Waals surface area contributed by atoms with E-state index in [1.54, 1.807) is 6.92 Å². The Labute approximate surface area is 149 Å². The number of rotatable bonds is 6. The Balaban J connectivity index is 2.28. The summed E-state index contributed by atoms with van der Waals surface area (Å²) in [5.74, 6) is -0.573. The molecule has 1 saturated heterocycles. The first-order valence-corrected chi connectivity index (χ1v) is 8.98. The van der Waals surface area contributed by atoms with Crippen molar-refractivity contribution in [2.24, 2.45) is 17.8 Å². The van der Waals surface area contributed by atoms with E-state index >= 15 is 0 Å². The van der Waals surface area contributed by atoms with Crippen LogP contribution in [-0.2, 0) is 23.9 Å². The van der Waals surface area contributed by atoms with E-state index in [2.05, 4.69) is 13.5 Å². The zero-order chi connectivity index (χ0) is 18.7. The molecule has 1 aliphatic heterocycles. The lowest BCUT2D eigenvalue weighted by Gasteiger charge is -2.23. The Morgan fingerprint density at radius 1 is 1.40 bits per heavy atom. The van der Waals surface area contributed by atoms with Crippen LogP contribution in [0.5, 0.6) is 0 Å². The number of fused-ring (bicyclic) bond motifs is 1. The first-order valence-electron chi connectivity index (χ1n) is 8.98. The second kappa shape index (κ2) is 7.98. The molecule has 0 radical (unpaired) electrons. The fraction of sp³-hybridized carbons (Fsp3) is 0.650. The normalized spacial score (nSPS) is 28.9. The summed E-state index contributed by atoms with van der Waals surface area (Å²) in [6.45, 7) is 11.4. The minimum Gasteiger partial charge on any atom is -0.458 e. The van der Waals surface area contributed by atoms with E-state index in [1.165, 1.54) is 0 Å². The standard InChI is InChI=1S/C20H28O5/c1-11(2)8-18(22)24-17-10-15(7-6-13(4)21)12(3)9-16-19(17)14(5)20(23)25-16/h10-12,16-17,19H,5-9H2,1-4H3/t12-,16+,17-,19+/m0/s1. The zero-order valence-electron chi connectivity index (χ0n) is 15.5. The smallest absolute Gasteiger partial charge is 0.334 e. The first-order chi connectivity index (χ1) is 11.7. The molecule has 138 valence electrons. The molecule has 2 aliphatic rings. The Hall–Kier alpha value is -1.91. The Kier molecular flexibility index (Phi) is 6.20. The SMILES string of the molecule is C=C1C(=O)O[C@@H]2C[C@H](C)C(CCC(C)=O)=C[C@H](OC(=O)CC(C)C)[C@H]12. The van der Waals surface area contributed by atoms with Gasteiger partial charge in [-0.3, -0.25) is 4.79 Å². The van der Waals surface area contributed by atoms with Gasteiger partial charge in [-0.25, -0.2) is 4.79 Å². The molecule has 25 heavy (non-hydrogen) atoms. The molecule has 0 bridgehead atoms. The van der Waals surface area contributed by atoms with Crippen molar-refractivity contribution >= 4 is 17.7 Å². The van der Waals surface area contributed by atoms with Gasteiger partial charge < -0.3 is 14.3 Å². The van der Waals surface area contributed by atoms with Gasteiger partial charge in [-0.1, -0.05) is 32.9 Å². The molecular weight excluding hydrogens is 320 g/mol. The monoisotopic (exact) mass is 348 g/mol. The van der Waals surface area contributed by atoms with Crippen LogP contribution in [-0.4, -0.2) is 29.9 Å². The van der Waals surface area contributed by atoms with Crippen LogP contribution in [0.15, 0.2) is 23.8 Å². The minimum atomic E-state index is -0.567. The highest BCUT2D eigenvalue weighted by atomic mass is 16.6. The van der Waals surface area contributed by atoms with Crippen molar-refractivity contribution < 1.29 is 23.9 Å². The third kappa shape index (κ3) is 4.80. The van der Waals surface area contributed by atoms with Gasteiger partial charge in [0, 0.05) is 18.4 Å². The van der Waals surface area contributed by atoms with Gasteiger partial charge in [0.2, 0.25) is 0 Å². The van der Waals surface area contributed by atoms with E-state index < -0.39 is 12.1 Å². The average Bonchev–Trinajstić information content (AvgIpc) is 2.68. The third-order valence-corrected chi connectivity index (χ3v) is 4.88. The molecule has 0 unspecified atom stereocenters. The Morgan fingerprint density at radius 2 is 2.08 bits per heavy atom. The van der Waals surface area contributed by atoms with Crippen LogP contribution in [0.25, 0.3) is 0 Å². The molecule has 5 nitrogen and oxygen atoms in total. The van der Waals surface area contributed by atoms with Crippen molar-refractivity contribution in [1.29, 1.82) is 0 Å². The molecule has 0 N–H and O–H groups in total. The second-order valence-electron chi connectivity index (χ2n) is 7.63. The number of carbonyl (C=O) groups is 3. The van der Waals surface area contributed by atoms with Gasteiger partial charge >= 0.3 is 11.9 Å². The lowest BCUT2D eigenvalue weighted by Crippen LogP contribution is -2.31. The van der Waals surface area contributed by atoms with E-state index in [4.69, 9.17) is 9.47 Å². The third-order valence-electron chi connectivity index (χ3n) is 4.88. The number of hydrogen-bond acceptors (Lipinski definition) is 5. The molecule has 1 fully saturated rings. The van der Waals surface area contributed by atoms with Gasteiger partial charge in [0.25, 0.3) is 0 Å². The zero-order valence-corrected chi connectivity index (χ0v) is 15.5. The van der Waals surface area contributed by atoms with Gasteiger partial charge in [0.15, 0.2) is 0 Å². The predicted molar refractivity (Wildman–Crippen MR) is 93.6 cm³/mol. The molecule has 1 heterocycles. The topological polar surface area (TPSA) is 69.7 Å². The fourth-order valence-corrected chi connectivity index (χ4v) is 3.52. The van der Waals surface area contributed by atoms with Crippen molar-refractivity contribution in [2.45, 2.75) is 65.6 Å². The number of Topliss-reactive ketones (excluding diaryl/α,β-unsaturated/α-hetero) is 1. The summed E-state index contributed by atoms with van der Waals surface area (Å²) in [5.41, 5.74) is 1.44. The quantitative estimate of drug-likeness (QED) is 0.418. The highest BCUT2D eigenvalue weighted by Crippen LogP contribution is 2.40. The average molecular weight is 348 g/mol. The summed E-state index contributed by atoms with van der Waals surface area (Å²) in [6, 6.07) is 0. The van der Waals surface area contributed by atoms with Crippen molar-refractivity contribution in [2.75, 3.05) is 0 Å². The Bertz CT molecular complexity index is 601. The lowest BCUT2D eigenvalue weighted by molar-refractivity contribution is -0.150. The Morgan fingerprint density at radius 3 is 2.68 bits per heavy atom. The maximum absolute atomic E-state index is 12.2. The van der Waals surface area contributed by atoms with E-state index in [-0.39, 0.29) is 35.6 Å². The molecule has 5 heteroatoms. The molecule has 2 rings (SSSR count). The molecular formula is C20H28O5. The van der Waals surface area contributed by atoms with Crippen molar-refractivity contribution in [1.82, 2.24) is 0 Å². The van der Waals surface area contributed by atoms with Gasteiger partial charge in [-0.05, 0) is 37.7 Å². The van der Waals surface area contributed by atoms with E-state index in [0.29, 0.717) is 31.3 Å². The maximum Gasteiger partial charge on any atom is 0.334 e. The molecule has 0 saturated carbocycles. The van der Waals surface area contributed by atoms with Crippen LogP contribution < -0.4 is 0 Å². The first kappa shape index (κ1) is 19.4. The van der Waals surface area contributed by atoms with Gasteiger partial charge in [-0.15, -0.1) is 0 Å². The summed E-state index contributed by atoms with van der Waals surface area (Å²) in [7, 11) is 0. The molecule has 0 aromatic carbocycles. The summed E-state index contributed by atoms with van der Waals surface area (Å²) < 4.78 is 11.2. The summed E-state index contributed by atoms with van der Waals surface area (Å²) >= 11 is 0. The molecule has 0 aromatic heterocycles. The van der Waals surface area contributed by atoms with Crippen LogP contribution in [0, 0.1) is 17.8 Å². The van der Waals surface area contributed by atoms with Gasteiger partial charge in [-0.2, -0.15) is 0 Å². The second-order valence-corrected chi connectivity index (χ2v) is 7.63. The molecule has 4 atom stereocenters. The molecule has 0 amide bonds. The van der Waals surface area contributed by atoms with Crippen LogP contribution >= 0.6 is 0 Å². The van der Waals surface area contributed by atoms with Gasteiger partial charge in [0.1, 0.15) is 18.0 Å². The van der Waals surface area contributed by atoms with Crippen LogP contribution in [0.2, 0.25) is 0 Å². The van der Waals surface area contributed by atoms with Crippen LogP contribution in [0.4, 0.5) is 0 Å². The highest BCUT2D eigenvalue weighted by Gasteiger charge is 2.46. The van der Waals surface area contributed by atoms with E-state index in [9.17, 15) is 14.4 Å². The summed E-state index contributed by atoms with van der Waals surface area (Å²) in [4.78, 5) is 35.5. The van der Waals surface area contributed by atoms with Crippen molar-refractivity contribution in [3.63, 3.8) is 0 Å². The van der Waals surface area contributed by atoms with Crippen molar-refractivity contribution in [3.05, 3.63) is 23.8 Å². The van der Waals surface area contributed by atoms with Gasteiger partial charge in [0.05, 0.1) is 5.92 Å². The molecule has 0 aromatic rings.